The number of amides is 1. The lowest BCUT2D eigenvalue weighted by Gasteiger charge is -2.34. The van der Waals surface area contributed by atoms with E-state index in [1.807, 2.05) is 48.5 Å². The fraction of sp³-hybridized carbons (Fsp3) is 0.379. The number of aromatic nitrogens is 1. The molecule has 1 aromatic carbocycles. The Morgan fingerprint density at radius 1 is 1.17 bits per heavy atom. The third kappa shape index (κ3) is 6.74. The zero-order valence-electron chi connectivity index (χ0n) is 21.3. The van der Waals surface area contributed by atoms with E-state index < -0.39 is 0 Å². The molecule has 0 bridgehead atoms. The Labute approximate surface area is 217 Å². The molecule has 3 heterocycles. The van der Waals surface area contributed by atoms with Gasteiger partial charge >= 0.3 is 0 Å². The number of carbonyl (C=O) groups is 1. The number of pyridine rings is 1. The van der Waals surface area contributed by atoms with E-state index in [0.717, 1.165) is 45.9 Å². The van der Waals surface area contributed by atoms with Crippen molar-refractivity contribution in [3.63, 3.8) is 0 Å². The van der Waals surface area contributed by atoms with Crippen molar-refractivity contribution in [3.8, 4) is 0 Å². The topological polar surface area (TPSA) is 93.2 Å². The number of nitrogens with one attached hydrogen (secondary N) is 2. The molecule has 0 fully saturated rings. The molecule has 0 saturated heterocycles. The summed E-state index contributed by atoms with van der Waals surface area (Å²) in [7, 11) is 0. The molecule has 190 valence electrons. The second-order valence-electron chi connectivity index (χ2n) is 10.2. The molecular weight excluding hydrogens is 468 g/mol. The quantitative estimate of drug-likeness (QED) is 0.298. The van der Waals surface area contributed by atoms with E-state index in [1.54, 1.807) is 6.26 Å². The number of nitrogens with two attached hydrogens (primary N) is 1. The minimum Gasteiger partial charge on any atom is -0.467 e. The van der Waals surface area contributed by atoms with Crippen LogP contribution in [-0.4, -0.2) is 24.0 Å². The molecule has 1 atom stereocenters. The number of benzene rings is 1. The number of para-hydroxylation sites is 1. The standard InChI is InChI=1S/C18H25N3OS.C11H11NO/c1-18(2,3)13-4-5-14-11(9-13)8-12-10-15(23-17(12)21-14)16(22)20-7-6-19;1-2-5-10(6-3-1)12-9-11-7-4-8-13-11/h8,10,13H,4-7,9,19H2,1-3H3,(H,20,22);1-8,12H,9H2. The van der Waals surface area contributed by atoms with Gasteiger partial charge in [0.15, 0.2) is 0 Å². The number of furan rings is 1. The molecule has 36 heavy (non-hydrogen) atoms. The van der Waals surface area contributed by atoms with Crippen LogP contribution < -0.4 is 16.4 Å². The first kappa shape index (κ1) is 25.9. The summed E-state index contributed by atoms with van der Waals surface area (Å²) >= 11 is 1.47. The zero-order chi connectivity index (χ0) is 25.5. The SMILES string of the molecule is CC(C)(C)C1CCc2nc3sc(C(=O)NCCN)cc3cc2C1.c1ccc(NCc2ccco2)cc1. The normalized spacial score (nSPS) is 15.1. The van der Waals surface area contributed by atoms with Crippen molar-refractivity contribution in [1.82, 2.24) is 10.3 Å². The van der Waals surface area contributed by atoms with Crippen LogP contribution in [0.4, 0.5) is 5.69 Å². The number of hydrogen-bond acceptors (Lipinski definition) is 6. The predicted molar refractivity (Wildman–Crippen MR) is 148 cm³/mol. The molecule has 4 aromatic rings. The third-order valence-electron chi connectivity index (χ3n) is 6.57. The van der Waals surface area contributed by atoms with Crippen molar-refractivity contribution in [2.24, 2.45) is 17.1 Å². The fourth-order valence-corrected chi connectivity index (χ4v) is 5.36. The van der Waals surface area contributed by atoms with Crippen molar-refractivity contribution in [2.75, 3.05) is 18.4 Å². The number of thiophene rings is 1. The van der Waals surface area contributed by atoms with E-state index in [2.05, 4.69) is 37.5 Å². The third-order valence-corrected chi connectivity index (χ3v) is 7.62. The first-order valence-corrected chi connectivity index (χ1v) is 13.4. The number of carbonyl (C=O) groups excluding carboxylic acids is 1. The molecule has 0 spiro atoms. The molecule has 1 unspecified atom stereocenters. The highest BCUT2D eigenvalue weighted by molar-refractivity contribution is 7.20. The van der Waals surface area contributed by atoms with Crippen molar-refractivity contribution in [1.29, 1.82) is 0 Å². The van der Waals surface area contributed by atoms with Gasteiger partial charge in [-0.1, -0.05) is 39.0 Å². The summed E-state index contributed by atoms with van der Waals surface area (Å²) < 4.78 is 5.19. The van der Waals surface area contributed by atoms with Gasteiger partial charge in [-0.3, -0.25) is 4.79 Å². The summed E-state index contributed by atoms with van der Waals surface area (Å²) in [5, 5.41) is 7.16. The van der Waals surface area contributed by atoms with Gasteiger partial charge in [-0.15, -0.1) is 11.3 Å². The van der Waals surface area contributed by atoms with Gasteiger partial charge in [-0.2, -0.15) is 0 Å². The van der Waals surface area contributed by atoms with E-state index >= 15 is 0 Å². The summed E-state index contributed by atoms with van der Waals surface area (Å²) in [5.74, 6) is 1.59. The summed E-state index contributed by atoms with van der Waals surface area (Å²) in [6, 6.07) is 18.1. The molecule has 0 aliphatic heterocycles. The fourth-order valence-electron chi connectivity index (χ4n) is 4.41. The van der Waals surface area contributed by atoms with Gasteiger partial charge in [-0.05, 0) is 72.6 Å². The maximum atomic E-state index is 12.1. The molecule has 7 heteroatoms. The van der Waals surface area contributed by atoms with E-state index in [9.17, 15) is 4.79 Å². The Balaban J connectivity index is 0.000000197. The average molecular weight is 505 g/mol. The van der Waals surface area contributed by atoms with Crippen molar-refractivity contribution in [2.45, 2.75) is 46.6 Å². The Kier molecular flexibility index (Phi) is 8.44. The molecule has 5 rings (SSSR count). The lowest BCUT2D eigenvalue weighted by atomic mass is 9.71. The Hall–Kier alpha value is -3.16. The first-order valence-electron chi connectivity index (χ1n) is 12.6. The Morgan fingerprint density at radius 3 is 2.67 bits per heavy atom. The van der Waals surface area contributed by atoms with Crippen LogP contribution in [0.2, 0.25) is 0 Å². The highest BCUT2D eigenvalue weighted by Gasteiger charge is 2.29. The number of aryl methyl sites for hydroxylation is 1. The predicted octanol–water partition coefficient (Wildman–Crippen LogP) is 6.03. The molecule has 4 N–H and O–H groups in total. The summed E-state index contributed by atoms with van der Waals surface area (Å²) in [5.41, 5.74) is 9.45. The van der Waals surface area contributed by atoms with Crippen LogP contribution in [0.25, 0.3) is 10.2 Å². The van der Waals surface area contributed by atoms with Crippen LogP contribution in [0, 0.1) is 11.3 Å². The molecular formula is C29H36N4O2S. The van der Waals surface area contributed by atoms with Crippen LogP contribution in [0.1, 0.15) is 53.9 Å². The van der Waals surface area contributed by atoms with E-state index in [-0.39, 0.29) is 5.91 Å². The number of fused-ring (bicyclic) bond motifs is 2. The number of rotatable bonds is 6. The van der Waals surface area contributed by atoms with Crippen LogP contribution in [0.5, 0.6) is 0 Å². The number of anilines is 1. The van der Waals surface area contributed by atoms with Crippen molar-refractivity contribution < 1.29 is 9.21 Å². The largest absolute Gasteiger partial charge is 0.467 e. The minimum atomic E-state index is -0.0519. The zero-order valence-corrected chi connectivity index (χ0v) is 22.2. The number of nitrogens with zero attached hydrogens (tertiary/aromatic N) is 1. The highest BCUT2D eigenvalue weighted by atomic mass is 32.1. The number of hydrogen-bond donors (Lipinski definition) is 3. The van der Waals surface area contributed by atoms with Gasteiger partial charge in [0.05, 0.1) is 17.7 Å². The Bertz CT molecular complexity index is 1260. The van der Waals surface area contributed by atoms with Crippen molar-refractivity contribution >= 4 is 33.1 Å². The van der Waals surface area contributed by atoms with E-state index in [4.69, 9.17) is 15.1 Å². The molecule has 6 nitrogen and oxygen atoms in total. The van der Waals surface area contributed by atoms with Gasteiger partial charge in [0, 0.05) is 29.9 Å². The molecule has 3 aromatic heterocycles. The lowest BCUT2D eigenvalue weighted by Crippen LogP contribution is -2.28. The van der Waals surface area contributed by atoms with Crippen LogP contribution in [-0.2, 0) is 19.4 Å². The van der Waals surface area contributed by atoms with Gasteiger partial charge in [0.2, 0.25) is 0 Å². The van der Waals surface area contributed by atoms with Crippen molar-refractivity contribution in [3.05, 3.63) is 82.8 Å². The molecule has 0 radical (unpaired) electrons. The second kappa shape index (κ2) is 11.7. The van der Waals surface area contributed by atoms with E-state index in [1.165, 1.54) is 29.0 Å². The summed E-state index contributed by atoms with van der Waals surface area (Å²) in [6.07, 6.45) is 5.01. The van der Waals surface area contributed by atoms with Gasteiger partial charge in [0.25, 0.3) is 5.91 Å². The second-order valence-corrected chi connectivity index (χ2v) is 11.3. The lowest BCUT2D eigenvalue weighted by molar-refractivity contribution is 0.0959. The van der Waals surface area contributed by atoms with Gasteiger partial charge in [0.1, 0.15) is 10.6 Å². The molecule has 1 aliphatic carbocycles. The Morgan fingerprint density at radius 2 is 1.97 bits per heavy atom. The molecule has 1 amide bonds. The maximum absolute atomic E-state index is 12.1. The average Bonchev–Trinajstić information content (AvgIpc) is 3.54. The van der Waals surface area contributed by atoms with Gasteiger partial charge in [-0.25, -0.2) is 4.98 Å². The maximum Gasteiger partial charge on any atom is 0.261 e. The summed E-state index contributed by atoms with van der Waals surface area (Å²) in [6.45, 7) is 8.65. The first-order chi connectivity index (χ1) is 17.3. The van der Waals surface area contributed by atoms with E-state index in [0.29, 0.717) is 24.4 Å². The molecule has 0 saturated carbocycles. The highest BCUT2D eigenvalue weighted by Crippen LogP contribution is 2.38. The van der Waals surface area contributed by atoms with Gasteiger partial charge < -0.3 is 20.8 Å². The monoisotopic (exact) mass is 504 g/mol. The van der Waals surface area contributed by atoms with Crippen LogP contribution in [0.3, 0.4) is 0 Å². The molecule has 1 aliphatic rings. The summed E-state index contributed by atoms with van der Waals surface area (Å²) in [4.78, 5) is 18.6. The van der Waals surface area contributed by atoms with Crippen LogP contribution >= 0.6 is 11.3 Å². The van der Waals surface area contributed by atoms with Crippen LogP contribution in [0.15, 0.2) is 65.3 Å². The smallest absolute Gasteiger partial charge is 0.261 e. The minimum absolute atomic E-state index is 0.0519.